The van der Waals surface area contributed by atoms with E-state index in [-0.39, 0.29) is 24.2 Å². The van der Waals surface area contributed by atoms with E-state index in [2.05, 4.69) is 15.1 Å². The lowest BCUT2D eigenvalue weighted by molar-refractivity contribution is 0.200. The predicted molar refractivity (Wildman–Crippen MR) is 48.8 cm³/mol. The zero-order valence-corrected chi connectivity index (χ0v) is 7.85. The van der Waals surface area contributed by atoms with E-state index >= 15 is 0 Å². The van der Waals surface area contributed by atoms with Crippen LogP contribution in [0.3, 0.4) is 0 Å². The third kappa shape index (κ3) is 2.82. The van der Waals surface area contributed by atoms with E-state index in [1.165, 1.54) is 12.4 Å². The number of rotatable bonds is 4. The van der Waals surface area contributed by atoms with Crippen LogP contribution in [0.15, 0.2) is 17.5 Å². The van der Waals surface area contributed by atoms with Gasteiger partial charge in [0.25, 0.3) is 0 Å². The van der Waals surface area contributed by atoms with Crippen LogP contribution in [0.2, 0.25) is 0 Å². The minimum absolute atomic E-state index is 0.0827. The molecule has 0 saturated heterocycles. The molecule has 0 spiro atoms. The summed E-state index contributed by atoms with van der Waals surface area (Å²) < 4.78 is 5.00. The average Bonchev–Trinajstić information content (AvgIpc) is 2.26. The lowest BCUT2D eigenvalue weighted by Crippen LogP contribution is -2.04. The van der Waals surface area contributed by atoms with Crippen molar-refractivity contribution in [2.45, 2.75) is 0 Å². The first kappa shape index (κ1) is 10.7. The molecule has 0 aliphatic heterocycles. The van der Waals surface area contributed by atoms with Crippen molar-refractivity contribution in [2.24, 2.45) is 5.16 Å². The largest absolute Gasteiger partial charge is 0.488 e. The van der Waals surface area contributed by atoms with Gasteiger partial charge in [0.1, 0.15) is 6.61 Å². The van der Waals surface area contributed by atoms with Gasteiger partial charge in [0, 0.05) is 0 Å². The molecule has 1 aromatic rings. The molecule has 0 amide bonds. The van der Waals surface area contributed by atoms with E-state index in [4.69, 9.17) is 26.7 Å². The molecule has 14 heavy (non-hydrogen) atoms. The van der Waals surface area contributed by atoms with E-state index in [9.17, 15) is 0 Å². The molecular formula is C7H8ClN3O3. The molecule has 1 rings (SSSR count). The van der Waals surface area contributed by atoms with Gasteiger partial charge in [-0.15, -0.1) is 0 Å². The van der Waals surface area contributed by atoms with Crippen LogP contribution in [-0.2, 0) is 0 Å². The molecule has 1 aromatic heterocycles. The first-order valence-electron chi connectivity index (χ1n) is 3.71. The van der Waals surface area contributed by atoms with Gasteiger partial charge in [-0.2, -0.15) is 0 Å². The van der Waals surface area contributed by atoms with Crippen molar-refractivity contribution in [3.05, 3.63) is 18.2 Å². The fourth-order valence-electron chi connectivity index (χ4n) is 0.705. The van der Waals surface area contributed by atoms with Crippen molar-refractivity contribution in [1.29, 1.82) is 0 Å². The Kier molecular flexibility index (Phi) is 4.09. The Bertz CT molecular complexity index is 314. The second-order valence-electron chi connectivity index (χ2n) is 2.21. The number of aromatic nitrogens is 2. The maximum Gasteiger partial charge on any atom is 0.212 e. The molecule has 0 aliphatic carbocycles. The third-order valence-electron chi connectivity index (χ3n) is 1.26. The van der Waals surface area contributed by atoms with Gasteiger partial charge in [-0.1, -0.05) is 16.8 Å². The Morgan fingerprint density at radius 3 is 2.64 bits per heavy atom. The number of oxime groups is 1. The highest BCUT2D eigenvalue weighted by Crippen LogP contribution is 2.07. The number of halogens is 1. The highest BCUT2D eigenvalue weighted by Gasteiger charge is 2.03. The molecule has 2 N–H and O–H groups in total. The summed E-state index contributed by atoms with van der Waals surface area (Å²) in [5.74, 6) is 0.510. The topological polar surface area (TPSA) is 87.8 Å². The first-order chi connectivity index (χ1) is 6.77. The molecule has 0 aliphatic rings. The Morgan fingerprint density at radius 2 is 2.14 bits per heavy atom. The third-order valence-corrected chi connectivity index (χ3v) is 1.51. The van der Waals surface area contributed by atoms with Gasteiger partial charge in [-0.3, -0.25) is 0 Å². The second-order valence-corrected chi connectivity index (χ2v) is 2.56. The Labute approximate surface area is 84.8 Å². The van der Waals surface area contributed by atoms with Crippen LogP contribution in [0.5, 0.6) is 5.75 Å². The fourth-order valence-corrected chi connectivity index (χ4v) is 0.803. The monoisotopic (exact) mass is 217 g/mol. The minimum atomic E-state index is -0.196. The number of hydrogen-bond acceptors (Lipinski definition) is 6. The van der Waals surface area contributed by atoms with Crippen LogP contribution >= 0.6 is 11.6 Å². The van der Waals surface area contributed by atoms with Crippen LogP contribution in [0.1, 0.15) is 5.82 Å². The predicted octanol–water partition coefficient (Wildman–Crippen LogP) is 0.222. The molecule has 1 heterocycles. The van der Waals surface area contributed by atoms with Crippen molar-refractivity contribution in [1.82, 2.24) is 9.97 Å². The van der Waals surface area contributed by atoms with E-state index < -0.39 is 0 Å². The van der Waals surface area contributed by atoms with Crippen LogP contribution in [-0.4, -0.2) is 38.7 Å². The van der Waals surface area contributed by atoms with E-state index in [0.29, 0.717) is 5.75 Å². The van der Waals surface area contributed by atoms with Crippen molar-refractivity contribution in [3.63, 3.8) is 0 Å². The van der Waals surface area contributed by atoms with Crippen molar-refractivity contribution in [3.8, 4) is 5.75 Å². The van der Waals surface area contributed by atoms with Crippen molar-refractivity contribution >= 4 is 16.8 Å². The maximum absolute atomic E-state index is 8.47. The number of nitrogens with zero attached hydrogens (tertiary/aromatic N) is 3. The summed E-state index contributed by atoms with van der Waals surface area (Å²) in [6.07, 6.45) is 2.73. The molecule has 76 valence electrons. The SMILES string of the molecule is OCCOc1cnc(C(Cl)=NO)nc1. The standard InChI is InChI=1S/C7H8ClN3O3/c8-6(11-13)7-9-3-5(4-10-7)14-2-1-12/h3-4,12-13H,1-2H2. The van der Waals surface area contributed by atoms with Crippen molar-refractivity contribution in [2.75, 3.05) is 13.2 Å². The zero-order chi connectivity index (χ0) is 10.4. The summed E-state index contributed by atoms with van der Waals surface area (Å²) in [4.78, 5) is 7.52. The average molecular weight is 218 g/mol. The molecular weight excluding hydrogens is 210 g/mol. The molecule has 6 nitrogen and oxygen atoms in total. The Hall–Kier alpha value is -1.40. The number of aliphatic hydroxyl groups is 1. The van der Waals surface area contributed by atoms with Crippen LogP contribution in [0, 0.1) is 0 Å². The normalized spacial score (nSPS) is 11.4. The fraction of sp³-hybridized carbons (Fsp3) is 0.286. The molecule has 7 heteroatoms. The van der Waals surface area contributed by atoms with Crippen LogP contribution in [0.25, 0.3) is 0 Å². The quantitative estimate of drug-likeness (QED) is 0.428. The van der Waals surface area contributed by atoms with Crippen molar-refractivity contribution < 1.29 is 15.1 Å². The van der Waals surface area contributed by atoms with Gasteiger partial charge < -0.3 is 15.1 Å². The molecule has 0 unspecified atom stereocenters. The Balaban J connectivity index is 2.68. The summed E-state index contributed by atoms with van der Waals surface area (Å²) in [5.41, 5.74) is 0. The minimum Gasteiger partial charge on any atom is -0.488 e. The maximum atomic E-state index is 8.47. The van der Waals surface area contributed by atoms with E-state index in [0.717, 1.165) is 0 Å². The molecule has 0 radical (unpaired) electrons. The lowest BCUT2D eigenvalue weighted by atomic mass is 10.5. The summed E-state index contributed by atoms with van der Waals surface area (Å²) in [5, 5.41) is 19.3. The summed E-state index contributed by atoms with van der Waals surface area (Å²) in [6.45, 7) is 0.0884. The summed E-state index contributed by atoms with van der Waals surface area (Å²) in [7, 11) is 0. The Morgan fingerprint density at radius 1 is 1.50 bits per heavy atom. The molecule has 0 aromatic carbocycles. The number of aliphatic hydroxyl groups excluding tert-OH is 1. The van der Waals surface area contributed by atoms with Gasteiger partial charge in [0.2, 0.25) is 5.17 Å². The van der Waals surface area contributed by atoms with Gasteiger partial charge in [0.05, 0.1) is 19.0 Å². The summed E-state index contributed by atoms with van der Waals surface area (Å²) >= 11 is 5.44. The van der Waals surface area contributed by atoms with Gasteiger partial charge in [0.15, 0.2) is 11.6 Å². The summed E-state index contributed by atoms with van der Waals surface area (Å²) in [6, 6.07) is 0. The first-order valence-corrected chi connectivity index (χ1v) is 4.09. The molecule has 0 bridgehead atoms. The van der Waals surface area contributed by atoms with Crippen LogP contribution < -0.4 is 4.74 Å². The van der Waals surface area contributed by atoms with Crippen LogP contribution in [0.4, 0.5) is 0 Å². The van der Waals surface area contributed by atoms with Gasteiger partial charge in [-0.25, -0.2) is 9.97 Å². The van der Waals surface area contributed by atoms with E-state index in [1.54, 1.807) is 0 Å². The second kappa shape index (κ2) is 5.36. The molecule has 0 saturated carbocycles. The number of hydrogen-bond donors (Lipinski definition) is 2. The molecule has 0 fully saturated rings. The lowest BCUT2D eigenvalue weighted by Gasteiger charge is -2.02. The zero-order valence-electron chi connectivity index (χ0n) is 7.09. The van der Waals surface area contributed by atoms with E-state index in [1.807, 2.05) is 0 Å². The van der Waals surface area contributed by atoms with Gasteiger partial charge in [-0.05, 0) is 0 Å². The smallest absolute Gasteiger partial charge is 0.212 e. The highest BCUT2D eigenvalue weighted by atomic mass is 35.5. The molecule has 0 atom stereocenters. The number of ether oxygens (including phenoxy) is 1. The highest BCUT2D eigenvalue weighted by molar-refractivity contribution is 6.68. The van der Waals surface area contributed by atoms with Gasteiger partial charge >= 0.3 is 0 Å².